The molecule has 5 aromatic rings. The first-order chi connectivity index (χ1) is 15.1. The molecule has 2 nitrogen and oxygen atoms in total. The fourth-order valence-corrected chi connectivity index (χ4v) is 6.82. The highest BCUT2D eigenvalue weighted by molar-refractivity contribution is 9.11. The third kappa shape index (κ3) is 3.34. The van der Waals surface area contributed by atoms with Crippen LogP contribution in [0.3, 0.4) is 0 Å². The first-order valence-corrected chi connectivity index (χ1v) is 13.0. The Labute approximate surface area is 200 Å². The lowest BCUT2D eigenvalue weighted by molar-refractivity contribution is 0.571. The second-order valence-electron chi connectivity index (χ2n) is 8.59. The van der Waals surface area contributed by atoms with Gasteiger partial charge in [0.2, 0.25) is 0 Å². The number of hydrogen-bond donors (Lipinski definition) is 0. The van der Waals surface area contributed by atoms with Crippen molar-refractivity contribution < 1.29 is 0 Å². The van der Waals surface area contributed by atoms with E-state index in [0.29, 0.717) is 0 Å². The molecule has 0 radical (unpaired) electrons. The fraction of sp³-hybridized carbons (Fsp3) is 0.333. The van der Waals surface area contributed by atoms with Gasteiger partial charge in [-0.2, -0.15) is 0 Å². The molecule has 0 unspecified atom stereocenters. The molecule has 5 rings (SSSR count). The third-order valence-corrected chi connectivity index (χ3v) is 8.21. The Balaban J connectivity index is 1.75. The molecule has 160 valence electrons. The van der Waals surface area contributed by atoms with Gasteiger partial charge in [-0.15, -0.1) is 0 Å². The average molecular weight is 540 g/mol. The van der Waals surface area contributed by atoms with Crippen LogP contribution in [-0.2, 0) is 13.6 Å². The Hall–Kier alpha value is -1.78. The lowest BCUT2D eigenvalue weighted by atomic mass is 10.1. The number of nitrogens with zero attached hydrogens (tertiary/aromatic N) is 2. The van der Waals surface area contributed by atoms with Crippen LogP contribution in [-0.4, -0.2) is 9.13 Å². The van der Waals surface area contributed by atoms with Gasteiger partial charge in [0.15, 0.2) is 0 Å². The highest BCUT2D eigenvalue weighted by Crippen LogP contribution is 2.47. The second-order valence-corrected chi connectivity index (χ2v) is 10.2. The van der Waals surface area contributed by atoms with Gasteiger partial charge in [0.05, 0.1) is 20.0 Å². The molecule has 0 aliphatic rings. The number of aryl methyl sites for hydroxylation is 2. The van der Waals surface area contributed by atoms with Crippen molar-refractivity contribution in [2.45, 2.75) is 52.0 Å². The Morgan fingerprint density at radius 3 is 1.97 bits per heavy atom. The Morgan fingerprint density at radius 1 is 0.677 bits per heavy atom. The van der Waals surface area contributed by atoms with E-state index in [-0.39, 0.29) is 0 Å². The summed E-state index contributed by atoms with van der Waals surface area (Å²) in [4.78, 5) is 0. The van der Waals surface area contributed by atoms with E-state index in [4.69, 9.17) is 0 Å². The Kier molecular flexibility index (Phi) is 5.87. The number of hydrogen-bond acceptors (Lipinski definition) is 0. The molecule has 2 heterocycles. The predicted octanol–water partition coefficient (Wildman–Crippen LogP) is 9.32. The van der Waals surface area contributed by atoms with E-state index in [0.717, 1.165) is 6.54 Å². The van der Waals surface area contributed by atoms with Crippen LogP contribution in [0.2, 0.25) is 0 Å². The van der Waals surface area contributed by atoms with E-state index >= 15 is 0 Å². The maximum absolute atomic E-state index is 4.07. The van der Waals surface area contributed by atoms with Gasteiger partial charge in [-0.1, -0.05) is 75.4 Å². The van der Waals surface area contributed by atoms with Gasteiger partial charge in [0.25, 0.3) is 0 Å². The van der Waals surface area contributed by atoms with Crippen molar-refractivity contribution in [3.05, 3.63) is 57.5 Å². The van der Waals surface area contributed by atoms with Gasteiger partial charge in [0.1, 0.15) is 0 Å². The molecule has 0 saturated heterocycles. The molecule has 0 aliphatic carbocycles. The van der Waals surface area contributed by atoms with Crippen LogP contribution in [0.1, 0.15) is 45.4 Å². The zero-order valence-corrected chi connectivity index (χ0v) is 21.4. The van der Waals surface area contributed by atoms with Gasteiger partial charge in [-0.25, -0.2) is 0 Å². The molecular formula is C27H28Br2N2. The predicted molar refractivity (Wildman–Crippen MR) is 142 cm³/mol. The number of unbranched alkanes of at least 4 members (excludes halogenated alkanes) is 5. The number of halogens is 2. The molecule has 0 fully saturated rings. The monoisotopic (exact) mass is 538 g/mol. The summed E-state index contributed by atoms with van der Waals surface area (Å²) in [7, 11) is 2.17. The van der Waals surface area contributed by atoms with Crippen molar-refractivity contribution >= 4 is 75.5 Å². The first kappa shape index (κ1) is 21.1. The lowest BCUT2D eigenvalue weighted by Gasteiger charge is -2.11. The molecule has 0 atom stereocenters. The first-order valence-electron chi connectivity index (χ1n) is 11.4. The quantitative estimate of drug-likeness (QED) is 0.182. The highest BCUT2D eigenvalue weighted by atomic mass is 79.9. The van der Waals surface area contributed by atoms with Gasteiger partial charge in [0, 0.05) is 46.2 Å². The SMILES string of the molecule is CCCCCCCCn1c2ccccc2c2c(Br)c3c(c(Br)c21)c1ccccc1n3C. The maximum atomic E-state index is 4.07. The zero-order valence-electron chi connectivity index (χ0n) is 18.2. The standard InChI is InChI=1S/C27H28Br2N2/c1-3-4-5-6-7-12-17-31-21-16-11-9-14-19(21)23-24(28)26-22(25(29)27(23)31)18-13-8-10-15-20(18)30(26)2/h8-11,13-16H,3-7,12,17H2,1-2H3. The summed E-state index contributed by atoms with van der Waals surface area (Å²) in [6.07, 6.45) is 7.86. The van der Waals surface area contributed by atoms with E-state index < -0.39 is 0 Å². The van der Waals surface area contributed by atoms with Gasteiger partial charge < -0.3 is 9.13 Å². The summed E-state index contributed by atoms with van der Waals surface area (Å²) in [6, 6.07) is 17.6. The normalized spacial score (nSPS) is 12.1. The van der Waals surface area contributed by atoms with Crippen molar-refractivity contribution in [2.24, 2.45) is 7.05 Å². The summed E-state index contributed by atoms with van der Waals surface area (Å²) in [6.45, 7) is 3.33. The van der Waals surface area contributed by atoms with Crippen LogP contribution in [0.5, 0.6) is 0 Å². The minimum absolute atomic E-state index is 1.05. The average Bonchev–Trinajstić information content (AvgIpc) is 3.28. The number of para-hydroxylation sites is 2. The molecule has 3 aromatic carbocycles. The zero-order chi connectivity index (χ0) is 21.5. The molecule has 0 aliphatic heterocycles. The van der Waals surface area contributed by atoms with Crippen LogP contribution < -0.4 is 0 Å². The largest absolute Gasteiger partial charge is 0.343 e. The minimum atomic E-state index is 1.05. The van der Waals surface area contributed by atoms with E-state index in [1.54, 1.807) is 0 Å². The van der Waals surface area contributed by atoms with E-state index in [1.165, 1.54) is 91.1 Å². The van der Waals surface area contributed by atoms with Crippen molar-refractivity contribution in [1.29, 1.82) is 0 Å². The molecular weight excluding hydrogens is 512 g/mol. The molecule has 0 bridgehead atoms. The van der Waals surface area contributed by atoms with E-state index in [1.807, 2.05) is 0 Å². The van der Waals surface area contributed by atoms with Crippen LogP contribution in [0, 0.1) is 0 Å². The van der Waals surface area contributed by atoms with E-state index in [9.17, 15) is 0 Å². The van der Waals surface area contributed by atoms with Crippen LogP contribution in [0.4, 0.5) is 0 Å². The van der Waals surface area contributed by atoms with E-state index in [2.05, 4.69) is 103 Å². The van der Waals surface area contributed by atoms with Crippen molar-refractivity contribution in [3.63, 3.8) is 0 Å². The summed E-state index contributed by atoms with van der Waals surface area (Å²) >= 11 is 8.10. The summed E-state index contributed by atoms with van der Waals surface area (Å²) in [5.41, 5.74) is 5.15. The van der Waals surface area contributed by atoms with Gasteiger partial charge in [-0.3, -0.25) is 0 Å². The van der Waals surface area contributed by atoms with Crippen LogP contribution in [0.15, 0.2) is 57.5 Å². The van der Waals surface area contributed by atoms with Crippen molar-refractivity contribution in [1.82, 2.24) is 9.13 Å². The van der Waals surface area contributed by atoms with Gasteiger partial charge in [-0.05, 0) is 50.4 Å². The molecule has 2 aromatic heterocycles. The maximum Gasteiger partial charge on any atom is 0.0655 e. The molecule has 0 spiro atoms. The minimum Gasteiger partial charge on any atom is -0.343 e. The summed E-state index contributed by atoms with van der Waals surface area (Å²) < 4.78 is 7.26. The number of rotatable bonds is 7. The fourth-order valence-electron chi connectivity index (χ4n) is 5.15. The smallest absolute Gasteiger partial charge is 0.0655 e. The number of fused-ring (bicyclic) bond motifs is 6. The topological polar surface area (TPSA) is 9.86 Å². The summed E-state index contributed by atoms with van der Waals surface area (Å²) in [5, 5.41) is 5.23. The Bertz CT molecular complexity index is 1410. The number of benzene rings is 3. The Morgan fingerprint density at radius 2 is 1.23 bits per heavy atom. The van der Waals surface area contributed by atoms with Crippen molar-refractivity contribution in [3.8, 4) is 0 Å². The van der Waals surface area contributed by atoms with Gasteiger partial charge >= 0.3 is 0 Å². The molecule has 0 N–H and O–H groups in total. The van der Waals surface area contributed by atoms with Crippen LogP contribution >= 0.6 is 31.9 Å². The molecule has 0 amide bonds. The summed E-state index contributed by atoms with van der Waals surface area (Å²) in [5.74, 6) is 0. The highest BCUT2D eigenvalue weighted by Gasteiger charge is 2.23. The third-order valence-electron chi connectivity index (χ3n) is 6.67. The number of aromatic nitrogens is 2. The van der Waals surface area contributed by atoms with Crippen molar-refractivity contribution in [2.75, 3.05) is 0 Å². The lowest BCUT2D eigenvalue weighted by Crippen LogP contribution is -1.99. The second kappa shape index (κ2) is 8.63. The molecule has 4 heteroatoms. The van der Waals surface area contributed by atoms with Crippen LogP contribution in [0.25, 0.3) is 43.6 Å². The molecule has 0 saturated carbocycles. The molecule has 31 heavy (non-hydrogen) atoms.